The van der Waals surface area contributed by atoms with Crippen LogP contribution < -0.4 is 5.73 Å². The van der Waals surface area contributed by atoms with Crippen LogP contribution in [0.2, 0.25) is 0 Å². The average molecular weight is 346 g/mol. The molecule has 1 aliphatic heterocycles. The second kappa shape index (κ2) is 7.23. The van der Waals surface area contributed by atoms with Crippen molar-refractivity contribution in [2.24, 2.45) is 11.7 Å². The zero-order valence-corrected chi connectivity index (χ0v) is 14.0. The molecule has 3 rings (SSSR count). The predicted molar refractivity (Wildman–Crippen MR) is 89.7 cm³/mol. The number of nitrogens with zero attached hydrogens (tertiary/aromatic N) is 3. The van der Waals surface area contributed by atoms with E-state index < -0.39 is 11.6 Å². The summed E-state index contributed by atoms with van der Waals surface area (Å²) >= 11 is 0. The Hall–Kier alpha value is -2.41. The number of piperidine rings is 1. The average Bonchev–Trinajstić information content (AvgIpc) is 2.63. The summed E-state index contributed by atoms with van der Waals surface area (Å²) in [5.41, 5.74) is 6.08. The molecule has 1 saturated heterocycles. The van der Waals surface area contributed by atoms with E-state index in [1.54, 1.807) is 11.0 Å². The third-order valence-corrected chi connectivity index (χ3v) is 4.72. The van der Waals surface area contributed by atoms with Gasteiger partial charge in [-0.1, -0.05) is 6.92 Å². The molecule has 132 valence electrons. The van der Waals surface area contributed by atoms with Crippen LogP contribution in [0.25, 0.3) is 11.4 Å². The van der Waals surface area contributed by atoms with Gasteiger partial charge in [0.1, 0.15) is 0 Å². The van der Waals surface area contributed by atoms with E-state index in [1.807, 2.05) is 6.92 Å². The highest BCUT2D eigenvalue weighted by Gasteiger charge is 2.33. The molecule has 1 amide bonds. The molecule has 2 heterocycles. The van der Waals surface area contributed by atoms with Crippen LogP contribution >= 0.6 is 0 Å². The van der Waals surface area contributed by atoms with Gasteiger partial charge in [-0.3, -0.25) is 4.79 Å². The molecule has 2 unspecified atom stereocenters. The molecule has 25 heavy (non-hydrogen) atoms. The van der Waals surface area contributed by atoms with E-state index in [1.165, 1.54) is 12.4 Å². The van der Waals surface area contributed by atoms with Crippen molar-refractivity contribution < 1.29 is 13.6 Å². The number of benzene rings is 1. The molecule has 0 spiro atoms. The first-order chi connectivity index (χ1) is 12.0. The molecule has 7 heteroatoms. The standard InChI is InChI=1S/C18H20F2N4O/c1-11-4-2-7-24(16(11)10-21)18(25)13-9-15(20)14(19)8-12(13)17-22-5-3-6-23-17/h3,5-6,8-9,11,16H,2,4,7,10,21H2,1H3. The minimum Gasteiger partial charge on any atom is -0.334 e. The van der Waals surface area contributed by atoms with Crippen LogP contribution in [0.4, 0.5) is 8.78 Å². The minimum atomic E-state index is -1.07. The van der Waals surface area contributed by atoms with Crippen LogP contribution in [0.15, 0.2) is 30.6 Å². The second-order valence-electron chi connectivity index (χ2n) is 6.31. The summed E-state index contributed by atoms with van der Waals surface area (Å²) in [6, 6.07) is 3.39. The molecule has 2 N–H and O–H groups in total. The van der Waals surface area contributed by atoms with Gasteiger partial charge in [0.15, 0.2) is 17.5 Å². The summed E-state index contributed by atoms with van der Waals surface area (Å²) in [6.45, 7) is 2.91. The Balaban J connectivity index is 2.06. The SMILES string of the molecule is CC1CCCN(C(=O)c2cc(F)c(F)cc2-c2ncccn2)C1CN. The normalized spacial score (nSPS) is 20.6. The lowest BCUT2D eigenvalue weighted by atomic mass is 9.90. The molecule has 1 aromatic carbocycles. The van der Waals surface area contributed by atoms with Crippen molar-refractivity contribution in [2.45, 2.75) is 25.8 Å². The van der Waals surface area contributed by atoms with E-state index in [-0.39, 0.29) is 34.8 Å². The summed E-state index contributed by atoms with van der Waals surface area (Å²) in [5.74, 6) is -2.05. The molecule has 0 bridgehead atoms. The van der Waals surface area contributed by atoms with Gasteiger partial charge < -0.3 is 10.6 Å². The Morgan fingerprint density at radius 3 is 2.64 bits per heavy atom. The van der Waals surface area contributed by atoms with Crippen molar-refractivity contribution in [1.29, 1.82) is 0 Å². The molecule has 0 aliphatic carbocycles. The second-order valence-corrected chi connectivity index (χ2v) is 6.31. The maximum absolute atomic E-state index is 13.8. The smallest absolute Gasteiger partial charge is 0.255 e. The van der Waals surface area contributed by atoms with Crippen LogP contribution in [0.5, 0.6) is 0 Å². The number of amides is 1. The minimum absolute atomic E-state index is 0.0534. The topological polar surface area (TPSA) is 72.1 Å². The number of aromatic nitrogens is 2. The van der Waals surface area contributed by atoms with Crippen molar-refractivity contribution >= 4 is 5.91 Å². The van der Waals surface area contributed by atoms with Crippen molar-refractivity contribution in [3.05, 3.63) is 47.8 Å². The highest BCUT2D eigenvalue weighted by molar-refractivity contribution is 6.00. The van der Waals surface area contributed by atoms with Gasteiger partial charge in [-0.15, -0.1) is 0 Å². The molecule has 1 fully saturated rings. The summed E-state index contributed by atoms with van der Waals surface area (Å²) in [6.07, 6.45) is 4.81. The Morgan fingerprint density at radius 2 is 1.96 bits per heavy atom. The number of halogens is 2. The maximum Gasteiger partial charge on any atom is 0.255 e. The van der Waals surface area contributed by atoms with Gasteiger partial charge in [0.2, 0.25) is 0 Å². The number of hydrogen-bond donors (Lipinski definition) is 1. The van der Waals surface area contributed by atoms with E-state index in [2.05, 4.69) is 9.97 Å². The van der Waals surface area contributed by atoms with E-state index in [4.69, 9.17) is 5.73 Å². The first-order valence-electron chi connectivity index (χ1n) is 8.30. The first-order valence-corrected chi connectivity index (χ1v) is 8.30. The molecule has 2 atom stereocenters. The monoisotopic (exact) mass is 346 g/mol. The van der Waals surface area contributed by atoms with Crippen LogP contribution in [-0.2, 0) is 0 Å². The fourth-order valence-electron chi connectivity index (χ4n) is 3.36. The zero-order chi connectivity index (χ0) is 18.0. The van der Waals surface area contributed by atoms with Crippen molar-refractivity contribution in [1.82, 2.24) is 14.9 Å². The van der Waals surface area contributed by atoms with Gasteiger partial charge in [0.05, 0.1) is 5.56 Å². The van der Waals surface area contributed by atoms with Gasteiger partial charge in [0, 0.05) is 37.1 Å². The number of likely N-dealkylation sites (tertiary alicyclic amines) is 1. The summed E-state index contributed by atoms with van der Waals surface area (Å²) in [5, 5.41) is 0. The van der Waals surface area contributed by atoms with Crippen LogP contribution in [0.1, 0.15) is 30.1 Å². The number of carbonyl (C=O) groups is 1. The Kier molecular flexibility index (Phi) is 5.03. The Morgan fingerprint density at radius 1 is 1.28 bits per heavy atom. The predicted octanol–water partition coefficient (Wildman–Crippen LogP) is 2.62. The quantitative estimate of drug-likeness (QED) is 0.927. The van der Waals surface area contributed by atoms with Crippen molar-refractivity contribution in [3.63, 3.8) is 0 Å². The van der Waals surface area contributed by atoms with Crippen LogP contribution in [0.3, 0.4) is 0 Å². The molecular formula is C18H20F2N4O. The lowest BCUT2D eigenvalue weighted by molar-refractivity contribution is 0.0532. The summed E-state index contributed by atoms with van der Waals surface area (Å²) in [7, 11) is 0. The van der Waals surface area contributed by atoms with Crippen molar-refractivity contribution in [3.8, 4) is 11.4 Å². The molecular weight excluding hydrogens is 326 g/mol. The first kappa shape index (κ1) is 17.4. The maximum atomic E-state index is 13.8. The van der Waals surface area contributed by atoms with Gasteiger partial charge >= 0.3 is 0 Å². The molecule has 0 saturated carbocycles. The van der Waals surface area contributed by atoms with E-state index in [0.717, 1.165) is 25.0 Å². The third kappa shape index (κ3) is 3.37. The molecule has 1 aromatic heterocycles. The molecule has 0 radical (unpaired) electrons. The fraction of sp³-hybridized carbons (Fsp3) is 0.389. The van der Waals surface area contributed by atoms with E-state index >= 15 is 0 Å². The number of rotatable bonds is 3. The highest BCUT2D eigenvalue weighted by Crippen LogP contribution is 2.29. The molecule has 5 nitrogen and oxygen atoms in total. The van der Waals surface area contributed by atoms with Crippen molar-refractivity contribution in [2.75, 3.05) is 13.1 Å². The Bertz CT molecular complexity index is 769. The largest absolute Gasteiger partial charge is 0.334 e. The number of nitrogens with two attached hydrogens (primary N) is 1. The fourth-order valence-corrected chi connectivity index (χ4v) is 3.36. The van der Waals surface area contributed by atoms with Crippen LogP contribution in [-0.4, -0.2) is 39.9 Å². The number of hydrogen-bond acceptors (Lipinski definition) is 4. The highest BCUT2D eigenvalue weighted by atomic mass is 19.2. The summed E-state index contributed by atoms with van der Waals surface area (Å²) in [4.78, 5) is 22.9. The van der Waals surface area contributed by atoms with Gasteiger partial charge in [-0.05, 0) is 37.0 Å². The lowest BCUT2D eigenvalue weighted by Crippen LogP contribution is -2.51. The molecule has 2 aromatic rings. The van der Waals surface area contributed by atoms with Crippen LogP contribution in [0, 0.1) is 17.6 Å². The Labute approximate surface area is 144 Å². The zero-order valence-electron chi connectivity index (χ0n) is 14.0. The van der Waals surface area contributed by atoms with E-state index in [0.29, 0.717) is 13.1 Å². The third-order valence-electron chi connectivity index (χ3n) is 4.72. The lowest BCUT2D eigenvalue weighted by Gasteiger charge is -2.39. The van der Waals surface area contributed by atoms with Gasteiger partial charge in [0.25, 0.3) is 5.91 Å². The summed E-state index contributed by atoms with van der Waals surface area (Å²) < 4.78 is 27.6. The van der Waals surface area contributed by atoms with E-state index in [9.17, 15) is 13.6 Å². The number of carbonyl (C=O) groups excluding carboxylic acids is 1. The molecule has 1 aliphatic rings. The van der Waals surface area contributed by atoms with Gasteiger partial charge in [-0.25, -0.2) is 18.7 Å². The van der Waals surface area contributed by atoms with Gasteiger partial charge in [-0.2, -0.15) is 0 Å².